The zero-order valence-electron chi connectivity index (χ0n) is 18.6. The van der Waals surface area contributed by atoms with Crippen molar-refractivity contribution in [3.05, 3.63) is 89.5 Å². The fourth-order valence-corrected chi connectivity index (χ4v) is 4.15. The van der Waals surface area contributed by atoms with Crippen LogP contribution in [-0.2, 0) is 4.79 Å². The summed E-state index contributed by atoms with van der Waals surface area (Å²) in [6, 6.07) is 20.6. The number of phenolic OH excluding ortho intramolecular Hbond substituents is 1. The van der Waals surface area contributed by atoms with E-state index in [-0.39, 0.29) is 12.5 Å². The van der Waals surface area contributed by atoms with Gasteiger partial charge in [0.1, 0.15) is 11.5 Å². The van der Waals surface area contributed by atoms with Crippen LogP contribution in [0.5, 0.6) is 23.0 Å². The molecular weight excluding hydrogens is 430 g/mol. The minimum atomic E-state index is -0.447. The van der Waals surface area contributed by atoms with E-state index in [9.17, 15) is 9.90 Å². The van der Waals surface area contributed by atoms with Gasteiger partial charge in [-0.15, -0.1) is 0 Å². The molecule has 1 heterocycles. The molecule has 1 aliphatic carbocycles. The van der Waals surface area contributed by atoms with Crippen molar-refractivity contribution in [3.8, 4) is 23.0 Å². The maximum Gasteiger partial charge on any atom is 0.336 e. The van der Waals surface area contributed by atoms with E-state index in [0.717, 1.165) is 36.1 Å². The second-order valence-electron chi connectivity index (χ2n) is 8.34. The summed E-state index contributed by atoms with van der Waals surface area (Å²) in [7, 11) is 0. The summed E-state index contributed by atoms with van der Waals surface area (Å²) < 4.78 is 16.0. The SMILES string of the molecule is O=C(/C=C/c1ccc2c(c1)OCO2)Oc1ccc(/C=C2\CCC(Nc3ccccc3O)C2)cc1. The molecule has 5 rings (SSSR count). The van der Waals surface area contributed by atoms with E-state index in [2.05, 4.69) is 11.4 Å². The first-order valence-electron chi connectivity index (χ1n) is 11.3. The highest BCUT2D eigenvalue weighted by Crippen LogP contribution is 2.33. The Morgan fingerprint density at radius 1 is 1.00 bits per heavy atom. The van der Waals surface area contributed by atoms with Gasteiger partial charge in [-0.05, 0) is 72.9 Å². The van der Waals surface area contributed by atoms with E-state index in [4.69, 9.17) is 14.2 Å². The molecule has 1 atom stereocenters. The Balaban J connectivity index is 1.14. The van der Waals surface area contributed by atoms with Crippen molar-refractivity contribution in [1.82, 2.24) is 0 Å². The molecule has 3 aromatic rings. The van der Waals surface area contributed by atoms with Gasteiger partial charge in [0, 0.05) is 12.1 Å². The third-order valence-corrected chi connectivity index (χ3v) is 5.86. The number of phenols is 1. The number of carbonyl (C=O) groups excluding carboxylic acids is 1. The number of benzene rings is 3. The van der Waals surface area contributed by atoms with E-state index in [1.54, 1.807) is 24.3 Å². The number of nitrogens with one attached hydrogen (secondary N) is 1. The van der Waals surface area contributed by atoms with Gasteiger partial charge in [0.25, 0.3) is 0 Å². The van der Waals surface area contributed by atoms with Gasteiger partial charge < -0.3 is 24.6 Å². The summed E-state index contributed by atoms with van der Waals surface area (Å²) in [5.41, 5.74) is 4.01. The fourth-order valence-electron chi connectivity index (χ4n) is 4.15. The second kappa shape index (κ2) is 9.75. The molecule has 6 heteroatoms. The Morgan fingerprint density at radius 3 is 2.65 bits per heavy atom. The number of hydrogen-bond acceptors (Lipinski definition) is 6. The van der Waals surface area contributed by atoms with Crippen LogP contribution in [0.1, 0.15) is 30.4 Å². The Kier molecular flexibility index (Phi) is 6.21. The van der Waals surface area contributed by atoms with Crippen LogP contribution in [0.4, 0.5) is 5.69 Å². The van der Waals surface area contributed by atoms with Gasteiger partial charge in [0.2, 0.25) is 6.79 Å². The van der Waals surface area contributed by atoms with Gasteiger partial charge in [0.05, 0.1) is 5.69 Å². The lowest BCUT2D eigenvalue weighted by atomic mass is 10.1. The first kappa shape index (κ1) is 21.6. The van der Waals surface area contributed by atoms with Crippen LogP contribution in [0, 0.1) is 0 Å². The minimum Gasteiger partial charge on any atom is -0.506 e. The quantitative estimate of drug-likeness (QED) is 0.212. The van der Waals surface area contributed by atoms with Crippen molar-refractivity contribution in [2.45, 2.75) is 25.3 Å². The number of aromatic hydroxyl groups is 1. The van der Waals surface area contributed by atoms with Gasteiger partial charge in [-0.25, -0.2) is 4.79 Å². The Hall–Kier alpha value is -4.19. The molecule has 1 unspecified atom stereocenters. The fraction of sp³-hybridized carbons (Fsp3) is 0.179. The molecule has 172 valence electrons. The molecule has 1 fully saturated rings. The number of rotatable bonds is 6. The Bertz CT molecular complexity index is 1250. The summed E-state index contributed by atoms with van der Waals surface area (Å²) in [6.07, 6.45) is 8.21. The summed E-state index contributed by atoms with van der Waals surface area (Å²) >= 11 is 0. The maximum atomic E-state index is 12.2. The van der Waals surface area contributed by atoms with E-state index in [1.807, 2.05) is 48.5 Å². The van der Waals surface area contributed by atoms with E-state index >= 15 is 0 Å². The number of para-hydroxylation sites is 2. The predicted molar refractivity (Wildman–Crippen MR) is 131 cm³/mol. The molecule has 6 nitrogen and oxygen atoms in total. The zero-order valence-corrected chi connectivity index (χ0v) is 18.6. The van der Waals surface area contributed by atoms with Crippen molar-refractivity contribution >= 4 is 23.8 Å². The maximum absolute atomic E-state index is 12.2. The molecule has 0 saturated heterocycles. The highest BCUT2D eigenvalue weighted by Gasteiger charge is 2.20. The molecule has 34 heavy (non-hydrogen) atoms. The molecule has 0 spiro atoms. The van der Waals surface area contributed by atoms with Gasteiger partial charge in [-0.1, -0.05) is 42.0 Å². The average Bonchev–Trinajstić information content (AvgIpc) is 3.49. The van der Waals surface area contributed by atoms with Gasteiger partial charge in [0.15, 0.2) is 11.5 Å². The monoisotopic (exact) mass is 455 g/mol. The summed E-state index contributed by atoms with van der Waals surface area (Å²) in [4.78, 5) is 12.2. The van der Waals surface area contributed by atoms with Gasteiger partial charge >= 0.3 is 5.97 Å². The highest BCUT2D eigenvalue weighted by atomic mass is 16.7. The molecule has 0 amide bonds. The van der Waals surface area contributed by atoms with Crippen LogP contribution in [0.25, 0.3) is 12.2 Å². The van der Waals surface area contributed by atoms with Crippen LogP contribution in [-0.4, -0.2) is 23.9 Å². The average molecular weight is 456 g/mol. The lowest BCUT2D eigenvalue weighted by Gasteiger charge is -2.14. The topological polar surface area (TPSA) is 77.0 Å². The Labute approximate surface area is 198 Å². The number of hydrogen-bond donors (Lipinski definition) is 2. The molecule has 1 aliphatic heterocycles. The summed E-state index contributed by atoms with van der Waals surface area (Å²) in [5, 5.41) is 13.4. The van der Waals surface area contributed by atoms with E-state index in [1.165, 1.54) is 11.6 Å². The molecule has 0 bridgehead atoms. The summed E-state index contributed by atoms with van der Waals surface area (Å²) in [6.45, 7) is 0.215. The molecular formula is C28H25NO5. The van der Waals surface area contributed by atoms with Crippen molar-refractivity contribution in [2.75, 3.05) is 12.1 Å². The lowest BCUT2D eigenvalue weighted by Crippen LogP contribution is -2.14. The minimum absolute atomic E-state index is 0.215. The van der Waals surface area contributed by atoms with Crippen molar-refractivity contribution in [2.24, 2.45) is 0 Å². The molecule has 2 aliphatic rings. The van der Waals surface area contributed by atoms with Crippen LogP contribution in [0.3, 0.4) is 0 Å². The third kappa shape index (κ3) is 5.23. The number of fused-ring (bicyclic) bond motifs is 1. The van der Waals surface area contributed by atoms with Gasteiger partial charge in [-0.2, -0.15) is 0 Å². The van der Waals surface area contributed by atoms with Crippen LogP contribution in [0.15, 0.2) is 78.4 Å². The van der Waals surface area contributed by atoms with Crippen LogP contribution in [0.2, 0.25) is 0 Å². The van der Waals surface area contributed by atoms with Gasteiger partial charge in [-0.3, -0.25) is 0 Å². The van der Waals surface area contributed by atoms with Crippen molar-refractivity contribution in [1.29, 1.82) is 0 Å². The molecule has 3 aromatic carbocycles. The number of ether oxygens (including phenoxy) is 3. The Morgan fingerprint density at radius 2 is 1.79 bits per heavy atom. The first-order chi connectivity index (χ1) is 16.6. The predicted octanol–water partition coefficient (Wildman–Crippen LogP) is 5.79. The highest BCUT2D eigenvalue weighted by molar-refractivity contribution is 5.88. The number of esters is 1. The van der Waals surface area contributed by atoms with Crippen LogP contribution < -0.4 is 19.5 Å². The normalized spacial score (nSPS) is 17.9. The molecule has 0 aromatic heterocycles. The zero-order chi connectivity index (χ0) is 23.3. The summed E-state index contributed by atoms with van der Waals surface area (Å²) in [5.74, 6) is 1.69. The van der Waals surface area contributed by atoms with Crippen LogP contribution >= 0.6 is 0 Å². The molecule has 1 saturated carbocycles. The lowest BCUT2D eigenvalue weighted by molar-refractivity contribution is -0.128. The van der Waals surface area contributed by atoms with Crippen molar-refractivity contribution < 1.29 is 24.1 Å². The third-order valence-electron chi connectivity index (χ3n) is 5.86. The number of anilines is 1. The van der Waals surface area contributed by atoms with Crippen molar-refractivity contribution in [3.63, 3.8) is 0 Å². The molecule has 2 N–H and O–H groups in total. The second-order valence-corrected chi connectivity index (χ2v) is 8.34. The number of carbonyl (C=O) groups is 1. The van der Waals surface area contributed by atoms with E-state index in [0.29, 0.717) is 23.3 Å². The largest absolute Gasteiger partial charge is 0.506 e. The standard InChI is InChI=1S/C28H25NO5/c30-25-4-2-1-3-24(25)29-22-10-5-21(16-22)15-19-6-11-23(12-7-19)34-28(31)14-9-20-8-13-26-27(17-20)33-18-32-26/h1-4,6-9,11-15,17,22,29-30H,5,10,16,18H2/b14-9+,21-15+. The van der Waals surface area contributed by atoms with E-state index < -0.39 is 5.97 Å². The first-order valence-corrected chi connectivity index (χ1v) is 11.3. The smallest absolute Gasteiger partial charge is 0.336 e. The molecule has 0 radical (unpaired) electrons.